The van der Waals surface area contributed by atoms with Crippen molar-refractivity contribution in [3.63, 3.8) is 0 Å². The van der Waals surface area contributed by atoms with Crippen LogP contribution >= 0.6 is 0 Å². The molecule has 0 saturated heterocycles. The van der Waals surface area contributed by atoms with Crippen molar-refractivity contribution in [1.29, 1.82) is 0 Å². The molecule has 2 atom stereocenters. The highest BCUT2D eigenvalue weighted by atomic mass is 16.5. The number of benzene rings is 3. The summed E-state index contributed by atoms with van der Waals surface area (Å²) < 4.78 is 16.8. The van der Waals surface area contributed by atoms with Crippen molar-refractivity contribution in [2.24, 2.45) is 0 Å². The summed E-state index contributed by atoms with van der Waals surface area (Å²) in [6.07, 6.45) is 0.0182. The Morgan fingerprint density at radius 2 is 1.59 bits per heavy atom. The average molecular weight is 393 g/mol. The lowest BCUT2D eigenvalue weighted by molar-refractivity contribution is -0.128. The molecule has 5 heteroatoms. The third-order valence-corrected chi connectivity index (χ3v) is 4.61. The van der Waals surface area contributed by atoms with Crippen molar-refractivity contribution in [1.82, 2.24) is 5.32 Å². The Hall–Kier alpha value is -3.21. The van der Waals surface area contributed by atoms with Gasteiger partial charge < -0.3 is 19.5 Å². The maximum atomic E-state index is 12.6. The lowest BCUT2D eigenvalue weighted by Crippen LogP contribution is -2.44. The van der Waals surface area contributed by atoms with E-state index in [1.807, 2.05) is 80.6 Å². The average Bonchev–Trinajstić information content (AvgIpc) is 2.76. The zero-order valence-corrected chi connectivity index (χ0v) is 17.1. The van der Waals surface area contributed by atoms with Gasteiger partial charge in [-0.25, -0.2) is 0 Å². The van der Waals surface area contributed by atoms with Crippen LogP contribution in [0.25, 0.3) is 10.8 Å². The third kappa shape index (κ3) is 5.64. The second kappa shape index (κ2) is 9.82. The van der Waals surface area contributed by atoms with Crippen LogP contribution in [0.5, 0.6) is 17.2 Å². The van der Waals surface area contributed by atoms with E-state index < -0.39 is 6.10 Å². The second-order valence-electron chi connectivity index (χ2n) is 6.92. The van der Waals surface area contributed by atoms with Crippen LogP contribution in [0, 0.1) is 0 Å². The predicted octanol–water partition coefficient (Wildman–Crippen LogP) is 4.59. The number of amides is 1. The zero-order chi connectivity index (χ0) is 20.6. The molecule has 0 aliphatic carbocycles. The summed E-state index contributed by atoms with van der Waals surface area (Å²) in [7, 11) is 1.62. The van der Waals surface area contributed by atoms with E-state index in [-0.39, 0.29) is 11.9 Å². The maximum absolute atomic E-state index is 12.6. The summed E-state index contributed by atoms with van der Waals surface area (Å²) in [6.45, 7) is 4.21. The molecule has 0 aliphatic rings. The van der Waals surface area contributed by atoms with Crippen LogP contribution in [0.15, 0.2) is 66.7 Å². The van der Waals surface area contributed by atoms with Gasteiger partial charge in [-0.2, -0.15) is 0 Å². The minimum Gasteiger partial charge on any atom is -0.497 e. The van der Waals surface area contributed by atoms with Gasteiger partial charge in [0.15, 0.2) is 6.10 Å². The molecule has 0 bridgehead atoms. The van der Waals surface area contributed by atoms with Crippen molar-refractivity contribution < 1.29 is 19.0 Å². The lowest BCUT2D eigenvalue weighted by Gasteiger charge is -2.21. The van der Waals surface area contributed by atoms with Gasteiger partial charge in [-0.05, 0) is 60.5 Å². The van der Waals surface area contributed by atoms with Crippen LogP contribution in [0.4, 0.5) is 0 Å². The molecule has 0 heterocycles. The standard InChI is InChI=1S/C24H27NO4/c1-4-23(29-22-10-9-18-7-5-6-8-19(18)15-22)24(26)25-17(2)16-28-21-13-11-20(27-3)12-14-21/h5-15,17,23H,4,16H2,1-3H3,(H,25,26)/t17-,23+/m1/s1. The number of fused-ring (bicyclic) bond motifs is 1. The molecule has 29 heavy (non-hydrogen) atoms. The van der Waals surface area contributed by atoms with Gasteiger partial charge in [0.1, 0.15) is 23.9 Å². The fourth-order valence-electron chi connectivity index (χ4n) is 3.00. The highest BCUT2D eigenvalue weighted by Gasteiger charge is 2.20. The van der Waals surface area contributed by atoms with E-state index in [9.17, 15) is 4.79 Å². The molecule has 0 spiro atoms. The SMILES string of the molecule is CC[C@H](Oc1ccc2ccccc2c1)C(=O)N[C@H](C)COc1ccc(OC)cc1. The van der Waals surface area contributed by atoms with Crippen molar-refractivity contribution in [3.05, 3.63) is 66.7 Å². The molecule has 0 unspecified atom stereocenters. The molecule has 152 valence electrons. The summed E-state index contributed by atoms with van der Waals surface area (Å²) >= 11 is 0. The molecule has 1 amide bonds. The summed E-state index contributed by atoms with van der Waals surface area (Å²) in [4.78, 5) is 12.6. The molecule has 3 aromatic rings. The molecule has 5 nitrogen and oxygen atoms in total. The highest BCUT2D eigenvalue weighted by molar-refractivity contribution is 5.84. The largest absolute Gasteiger partial charge is 0.497 e. The first-order valence-corrected chi connectivity index (χ1v) is 9.81. The first kappa shape index (κ1) is 20.5. The Balaban J connectivity index is 1.53. The number of methoxy groups -OCH3 is 1. The minimum atomic E-state index is -0.556. The molecule has 1 N–H and O–H groups in total. The normalized spacial score (nSPS) is 12.8. The van der Waals surface area contributed by atoms with E-state index in [0.717, 1.165) is 22.3 Å². The smallest absolute Gasteiger partial charge is 0.261 e. The monoisotopic (exact) mass is 393 g/mol. The molecule has 0 aromatic heterocycles. The van der Waals surface area contributed by atoms with E-state index >= 15 is 0 Å². The van der Waals surface area contributed by atoms with Gasteiger partial charge >= 0.3 is 0 Å². The molecular formula is C24H27NO4. The third-order valence-electron chi connectivity index (χ3n) is 4.61. The molecule has 0 radical (unpaired) electrons. The number of rotatable bonds is 9. The summed E-state index contributed by atoms with van der Waals surface area (Å²) in [5.41, 5.74) is 0. The Bertz CT molecular complexity index is 939. The molecular weight excluding hydrogens is 366 g/mol. The van der Waals surface area contributed by atoms with Gasteiger partial charge in [0.2, 0.25) is 0 Å². The lowest BCUT2D eigenvalue weighted by atomic mass is 10.1. The number of carbonyl (C=O) groups is 1. The number of hydrogen-bond acceptors (Lipinski definition) is 4. The minimum absolute atomic E-state index is 0.147. The molecule has 3 rings (SSSR count). The van der Waals surface area contributed by atoms with E-state index in [1.54, 1.807) is 7.11 Å². The van der Waals surface area contributed by atoms with Crippen molar-refractivity contribution in [2.75, 3.05) is 13.7 Å². The quantitative estimate of drug-likeness (QED) is 0.578. The first-order chi connectivity index (χ1) is 14.1. The van der Waals surface area contributed by atoms with Crippen LogP contribution in [0.3, 0.4) is 0 Å². The first-order valence-electron chi connectivity index (χ1n) is 9.81. The van der Waals surface area contributed by atoms with Gasteiger partial charge in [-0.15, -0.1) is 0 Å². The number of nitrogens with one attached hydrogen (secondary N) is 1. The Labute approximate surface area is 171 Å². The topological polar surface area (TPSA) is 56.8 Å². The molecule has 0 saturated carbocycles. The van der Waals surface area contributed by atoms with Crippen LogP contribution < -0.4 is 19.5 Å². The number of ether oxygens (including phenoxy) is 3. The fraction of sp³-hybridized carbons (Fsp3) is 0.292. The van der Waals surface area contributed by atoms with Crippen molar-refractivity contribution >= 4 is 16.7 Å². The molecule has 0 aliphatic heterocycles. The van der Waals surface area contributed by atoms with Crippen LogP contribution in [0.2, 0.25) is 0 Å². The van der Waals surface area contributed by atoms with E-state index in [2.05, 4.69) is 5.32 Å². The summed E-state index contributed by atoms with van der Waals surface area (Å²) in [5, 5.41) is 5.19. The Morgan fingerprint density at radius 3 is 2.28 bits per heavy atom. The van der Waals surface area contributed by atoms with Gasteiger partial charge in [0, 0.05) is 0 Å². The van der Waals surface area contributed by atoms with Gasteiger partial charge in [0.05, 0.1) is 13.2 Å². The van der Waals surface area contributed by atoms with Crippen LogP contribution in [0.1, 0.15) is 20.3 Å². The van der Waals surface area contributed by atoms with E-state index in [0.29, 0.717) is 18.8 Å². The second-order valence-corrected chi connectivity index (χ2v) is 6.92. The summed E-state index contributed by atoms with van der Waals surface area (Å²) in [5.74, 6) is 2.04. The number of carbonyl (C=O) groups excluding carboxylic acids is 1. The highest BCUT2D eigenvalue weighted by Crippen LogP contribution is 2.22. The van der Waals surface area contributed by atoms with Crippen molar-refractivity contribution in [3.8, 4) is 17.2 Å². The van der Waals surface area contributed by atoms with Crippen LogP contribution in [-0.2, 0) is 4.79 Å². The zero-order valence-electron chi connectivity index (χ0n) is 17.1. The van der Waals surface area contributed by atoms with E-state index in [4.69, 9.17) is 14.2 Å². The summed E-state index contributed by atoms with van der Waals surface area (Å²) in [6, 6.07) is 21.1. The Morgan fingerprint density at radius 1 is 0.931 bits per heavy atom. The van der Waals surface area contributed by atoms with Gasteiger partial charge in [-0.1, -0.05) is 37.3 Å². The molecule has 3 aromatic carbocycles. The Kier molecular flexibility index (Phi) is 6.95. The van der Waals surface area contributed by atoms with Crippen LogP contribution in [-0.4, -0.2) is 31.8 Å². The number of hydrogen-bond donors (Lipinski definition) is 1. The molecule has 0 fully saturated rings. The van der Waals surface area contributed by atoms with E-state index in [1.165, 1.54) is 0 Å². The van der Waals surface area contributed by atoms with Gasteiger partial charge in [-0.3, -0.25) is 4.79 Å². The van der Waals surface area contributed by atoms with Gasteiger partial charge in [0.25, 0.3) is 5.91 Å². The maximum Gasteiger partial charge on any atom is 0.261 e. The van der Waals surface area contributed by atoms with Crippen molar-refractivity contribution in [2.45, 2.75) is 32.4 Å². The fourth-order valence-corrected chi connectivity index (χ4v) is 3.00. The predicted molar refractivity (Wildman–Crippen MR) is 115 cm³/mol.